The third-order valence-corrected chi connectivity index (χ3v) is 6.11. The topological polar surface area (TPSA) is 66.0 Å². The number of nitrogens with zero attached hydrogens (tertiary/aromatic N) is 2. The molecule has 2 aliphatic rings. The van der Waals surface area contributed by atoms with E-state index in [-0.39, 0.29) is 12.2 Å². The van der Waals surface area contributed by atoms with E-state index in [1.54, 1.807) is 0 Å². The number of hydrogen-bond donors (Lipinski definition) is 0. The molecule has 2 rings (SSSR count). The lowest BCUT2D eigenvalue weighted by atomic mass is 9.67. The molecule has 0 aromatic rings. The molecule has 0 N–H and O–H groups in total. The van der Waals surface area contributed by atoms with Crippen LogP contribution in [0.5, 0.6) is 0 Å². The minimum absolute atomic E-state index is 0.0915. The largest absolute Gasteiger partial charge is 0.424 e. The van der Waals surface area contributed by atoms with E-state index in [1.165, 1.54) is 6.42 Å². The van der Waals surface area contributed by atoms with Gasteiger partial charge in [-0.2, -0.15) is 10.5 Å². The molecule has 0 saturated heterocycles. The number of hydrogen-bond acceptors (Lipinski definition) is 4. The molecule has 128 valence electrons. The lowest BCUT2D eigenvalue weighted by Crippen LogP contribution is -2.39. The Bertz CT molecular complexity index is 401. The quantitative estimate of drug-likeness (QED) is 0.717. The lowest BCUT2D eigenvalue weighted by molar-refractivity contribution is -0.0161. The Morgan fingerprint density at radius 1 is 0.696 bits per heavy atom. The van der Waals surface area contributed by atoms with Crippen molar-refractivity contribution in [3.63, 3.8) is 0 Å². The Kier molecular flexibility index (Phi) is 6.17. The molecule has 23 heavy (non-hydrogen) atoms. The zero-order valence-electron chi connectivity index (χ0n) is 14.9. The smallest absolute Gasteiger partial charge is 0.286 e. The first-order valence-electron chi connectivity index (χ1n) is 9.05. The fraction of sp³-hybridized carbons (Fsp3) is 0.895. The maximum Gasteiger partial charge on any atom is 0.286 e. The van der Waals surface area contributed by atoms with Crippen LogP contribution < -0.4 is 0 Å². The van der Waals surface area contributed by atoms with E-state index < -0.39 is 0 Å². The minimum atomic E-state index is 0.0915. The third kappa shape index (κ3) is 4.31. The molecule has 0 bridgehead atoms. The molecule has 0 aromatic carbocycles. The van der Waals surface area contributed by atoms with Gasteiger partial charge in [0, 0.05) is 0 Å². The molecule has 4 heteroatoms. The van der Waals surface area contributed by atoms with Crippen LogP contribution in [0.1, 0.15) is 59.8 Å². The Labute approximate surface area is 140 Å². The average molecular weight is 318 g/mol. The lowest BCUT2D eigenvalue weighted by Gasteiger charge is -2.41. The van der Waals surface area contributed by atoms with Gasteiger partial charge in [-0.15, -0.1) is 0 Å². The van der Waals surface area contributed by atoms with Gasteiger partial charge >= 0.3 is 0 Å². The van der Waals surface area contributed by atoms with Crippen molar-refractivity contribution in [2.75, 3.05) is 0 Å². The molecule has 2 fully saturated rings. The summed E-state index contributed by atoms with van der Waals surface area (Å²) in [5.41, 5.74) is 0. The first kappa shape index (κ1) is 17.9. The summed E-state index contributed by atoms with van der Waals surface area (Å²) in [5, 5.41) is 17.6. The average Bonchev–Trinajstić information content (AvgIpc) is 2.47. The van der Waals surface area contributed by atoms with Gasteiger partial charge in [0.15, 0.2) is 0 Å². The van der Waals surface area contributed by atoms with Crippen molar-refractivity contribution in [1.29, 1.82) is 10.5 Å². The van der Waals surface area contributed by atoms with Crippen molar-refractivity contribution in [3.05, 3.63) is 0 Å². The van der Waals surface area contributed by atoms with Gasteiger partial charge in [0.05, 0.1) is 0 Å². The van der Waals surface area contributed by atoms with Gasteiger partial charge in [-0.25, -0.2) is 0 Å². The molecule has 0 amide bonds. The Balaban J connectivity index is 1.89. The zero-order chi connectivity index (χ0) is 17.0. The summed E-state index contributed by atoms with van der Waals surface area (Å²) in [6.45, 7) is 8.86. The van der Waals surface area contributed by atoms with Crippen molar-refractivity contribution in [3.8, 4) is 12.5 Å². The highest BCUT2D eigenvalue weighted by Gasteiger charge is 2.39. The standard InChI is InChI=1S/C19H30N2O2/c1-12-5-16(6-13(2)18(12)22-10-20)9-17-7-14(3)19(23-11-21)15(4)8-17/h12-19H,5-9H2,1-4H3. The predicted molar refractivity (Wildman–Crippen MR) is 87.7 cm³/mol. The van der Waals surface area contributed by atoms with Crippen LogP contribution in [-0.4, -0.2) is 12.2 Å². The van der Waals surface area contributed by atoms with E-state index in [4.69, 9.17) is 20.0 Å². The number of nitriles is 2. The molecular weight excluding hydrogens is 288 g/mol. The highest BCUT2D eigenvalue weighted by molar-refractivity contribution is 4.89. The van der Waals surface area contributed by atoms with Crippen LogP contribution in [0, 0.1) is 58.5 Å². The van der Waals surface area contributed by atoms with Gasteiger partial charge < -0.3 is 9.47 Å². The second-order valence-electron chi connectivity index (χ2n) is 8.17. The van der Waals surface area contributed by atoms with E-state index in [0.717, 1.165) is 37.5 Å². The molecule has 0 heterocycles. The van der Waals surface area contributed by atoms with Crippen LogP contribution in [0.4, 0.5) is 0 Å². The molecule has 0 aliphatic heterocycles. The van der Waals surface area contributed by atoms with Gasteiger partial charge in [-0.05, 0) is 67.6 Å². The maximum absolute atomic E-state index is 8.80. The van der Waals surface area contributed by atoms with Crippen LogP contribution in [0.3, 0.4) is 0 Å². The summed E-state index contributed by atoms with van der Waals surface area (Å²) < 4.78 is 10.6. The second kappa shape index (κ2) is 7.91. The molecule has 0 radical (unpaired) electrons. The second-order valence-corrected chi connectivity index (χ2v) is 8.17. The van der Waals surface area contributed by atoms with Crippen LogP contribution in [0.15, 0.2) is 0 Å². The summed E-state index contributed by atoms with van der Waals surface area (Å²) >= 11 is 0. The Morgan fingerprint density at radius 3 is 1.26 bits per heavy atom. The van der Waals surface area contributed by atoms with Gasteiger partial charge in [-0.1, -0.05) is 27.7 Å². The van der Waals surface area contributed by atoms with Crippen molar-refractivity contribution in [2.45, 2.75) is 72.0 Å². The number of rotatable bonds is 4. The van der Waals surface area contributed by atoms with E-state index in [9.17, 15) is 0 Å². The molecule has 2 saturated carbocycles. The maximum atomic E-state index is 8.80. The Morgan fingerprint density at radius 2 is 1.00 bits per heavy atom. The van der Waals surface area contributed by atoms with Gasteiger partial charge in [-0.3, -0.25) is 0 Å². The van der Waals surface area contributed by atoms with Crippen LogP contribution in [-0.2, 0) is 9.47 Å². The predicted octanol–water partition coefficient (Wildman–Crippen LogP) is 4.47. The summed E-state index contributed by atoms with van der Waals surface area (Å²) in [6.07, 6.45) is 9.86. The molecule has 4 unspecified atom stereocenters. The Hall–Kier alpha value is -1.42. The van der Waals surface area contributed by atoms with E-state index in [2.05, 4.69) is 27.7 Å². The third-order valence-electron chi connectivity index (χ3n) is 6.11. The van der Waals surface area contributed by atoms with Crippen LogP contribution >= 0.6 is 0 Å². The van der Waals surface area contributed by atoms with Gasteiger partial charge in [0.1, 0.15) is 12.2 Å². The van der Waals surface area contributed by atoms with E-state index in [1.807, 2.05) is 12.5 Å². The van der Waals surface area contributed by atoms with Crippen LogP contribution in [0.2, 0.25) is 0 Å². The van der Waals surface area contributed by atoms with Crippen molar-refractivity contribution < 1.29 is 9.47 Å². The fourth-order valence-electron chi connectivity index (χ4n) is 5.40. The SMILES string of the molecule is CC1CC(CC2CC(C)C(OC#N)C(C)C2)CC(C)C1OC#N. The molecule has 4 atom stereocenters. The monoisotopic (exact) mass is 318 g/mol. The van der Waals surface area contributed by atoms with Crippen molar-refractivity contribution in [1.82, 2.24) is 0 Å². The van der Waals surface area contributed by atoms with E-state index >= 15 is 0 Å². The molecule has 4 nitrogen and oxygen atoms in total. The summed E-state index contributed by atoms with van der Waals surface area (Å²) in [5.74, 6) is 3.29. The molecule has 0 spiro atoms. The minimum Gasteiger partial charge on any atom is -0.424 e. The molecular formula is C19H30N2O2. The first-order chi connectivity index (χ1) is 11.0. The van der Waals surface area contributed by atoms with Gasteiger partial charge in [0.2, 0.25) is 0 Å². The van der Waals surface area contributed by atoms with Gasteiger partial charge in [0.25, 0.3) is 12.5 Å². The molecule has 0 aromatic heterocycles. The van der Waals surface area contributed by atoms with Crippen LogP contribution in [0.25, 0.3) is 0 Å². The van der Waals surface area contributed by atoms with E-state index in [0.29, 0.717) is 23.7 Å². The summed E-state index contributed by atoms with van der Waals surface area (Å²) in [7, 11) is 0. The summed E-state index contributed by atoms with van der Waals surface area (Å²) in [4.78, 5) is 0. The fourth-order valence-corrected chi connectivity index (χ4v) is 5.40. The van der Waals surface area contributed by atoms with Crippen molar-refractivity contribution >= 4 is 0 Å². The van der Waals surface area contributed by atoms with Crippen molar-refractivity contribution in [2.24, 2.45) is 35.5 Å². The first-order valence-corrected chi connectivity index (χ1v) is 9.05. The normalized spacial score (nSPS) is 43.9. The zero-order valence-corrected chi connectivity index (χ0v) is 14.9. The highest BCUT2D eigenvalue weighted by atomic mass is 16.5. The summed E-state index contributed by atoms with van der Waals surface area (Å²) in [6, 6.07) is 0. The molecule has 2 aliphatic carbocycles. The highest BCUT2D eigenvalue weighted by Crippen LogP contribution is 2.43. The number of ether oxygens (including phenoxy) is 2.